The summed E-state index contributed by atoms with van der Waals surface area (Å²) in [6.07, 6.45) is 0.553. The fraction of sp³-hybridized carbons (Fsp3) is 0.263. The molecule has 1 N–H and O–H groups in total. The first kappa shape index (κ1) is 18.9. The van der Waals surface area contributed by atoms with Crippen molar-refractivity contribution in [2.45, 2.75) is 19.9 Å². The lowest BCUT2D eigenvalue weighted by molar-refractivity contribution is -0.134. The molecule has 2 aromatic carbocycles. The second-order valence-corrected chi connectivity index (χ2v) is 6.09. The van der Waals surface area contributed by atoms with Crippen LogP contribution in [0.2, 0.25) is 5.02 Å². The minimum absolute atomic E-state index is 0.0268. The van der Waals surface area contributed by atoms with Crippen LogP contribution in [0.3, 0.4) is 0 Å². The maximum Gasteiger partial charge on any atom is 0.239 e. The summed E-state index contributed by atoms with van der Waals surface area (Å²) >= 11 is 6.05. The lowest BCUT2D eigenvalue weighted by Gasteiger charge is -2.20. The molecule has 0 aromatic heterocycles. The largest absolute Gasteiger partial charge is 0.350 e. The third kappa shape index (κ3) is 6.19. The number of rotatable bonds is 7. The number of carbonyl (C=O) groups excluding carboxylic acids is 2. The van der Waals surface area contributed by atoms with Gasteiger partial charge in [0.2, 0.25) is 11.8 Å². The standard InChI is InChI=1S/C19H20ClFN2O2/c1-14(24)23(11-10-15-6-8-17(21)9-7-15)13-19(25)22-12-16-4-2-3-5-18(16)20/h2-9H,10-13H2,1H3,(H,22,25). The van der Waals surface area contributed by atoms with E-state index in [9.17, 15) is 14.0 Å². The van der Waals surface area contributed by atoms with Crippen LogP contribution in [-0.2, 0) is 22.6 Å². The molecule has 0 heterocycles. The van der Waals surface area contributed by atoms with E-state index < -0.39 is 0 Å². The van der Waals surface area contributed by atoms with E-state index in [1.165, 1.54) is 24.0 Å². The van der Waals surface area contributed by atoms with E-state index in [1.54, 1.807) is 18.2 Å². The Labute approximate surface area is 151 Å². The average molecular weight is 363 g/mol. The minimum atomic E-state index is -0.300. The van der Waals surface area contributed by atoms with E-state index in [0.717, 1.165) is 11.1 Å². The number of amides is 2. The Balaban J connectivity index is 1.85. The highest BCUT2D eigenvalue weighted by atomic mass is 35.5. The van der Waals surface area contributed by atoms with Gasteiger partial charge in [-0.2, -0.15) is 0 Å². The van der Waals surface area contributed by atoms with E-state index in [4.69, 9.17) is 11.6 Å². The summed E-state index contributed by atoms with van der Waals surface area (Å²) in [6, 6.07) is 13.4. The van der Waals surface area contributed by atoms with Crippen molar-refractivity contribution in [3.05, 3.63) is 70.5 Å². The molecule has 0 spiro atoms. The van der Waals surface area contributed by atoms with Gasteiger partial charge in [0.1, 0.15) is 5.82 Å². The van der Waals surface area contributed by atoms with Crippen molar-refractivity contribution >= 4 is 23.4 Å². The van der Waals surface area contributed by atoms with E-state index in [-0.39, 0.29) is 24.2 Å². The molecule has 2 aromatic rings. The van der Waals surface area contributed by atoms with Gasteiger partial charge in [0, 0.05) is 25.0 Å². The molecular weight excluding hydrogens is 343 g/mol. The fourth-order valence-electron chi connectivity index (χ4n) is 2.33. The van der Waals surface area contributed by atoms with Crippen molar-refractivity contribution in [1.29, 1.82) is 0 Å². The number of halogens is 2. The van der Waals surface area contributed by atoms with Gasteiger partial charge in [-0.15, -0.1) is 0 Å². The summed E-state index contributed by atoms with van der Waals surface area (Å²) in [5.41, 5.74) is 1.72. The molecule has 0 radical (unpaired) electrons. The van der Waals surface area contributed by atoms with Crippen LogP contribution in [0.15, 0.2) is 48.5 Å². The molecule has 2 amide bonds. The van der Waals surface area contributed by atoms with Crippen molar-refractivity contribution in [3.63, 3.8) is 0 Å². The number of nitrogens with zero attached hydrogens (tertiary/aromatic N) is 1. The molecule has 0 aliphatic carbocycles. The molecule has 25 heavy (non-hydrogen) atoms. The summed E-state index contributed by atoms with van der Waals surface area (Å²) in [5.74, 6) is -0.740. The highest BCUT2D eigenvalue weighted by molar-refractivity contribution is 6.31. The van der Waals surface area contributed by atoms with Crippen LogP contribution in [0.25, 0.3) is 0 Å². The molecule has 0 atom stereocenters. The Kier molecular flexibility index (Phi) is 6.95. The number of hydrogen-bond acceptors (Lipinski definition) is 2. The first-order valence-electron chi connectivity index (χ1n) is 7.96. The summed E-state index contributed by atoms with van der Waals surface area (Å²) in [5, 5.41) is 3.35. The number of benzene rings is 2. The van der Waals surface area contributed by atoms with Crippen molar-refractivity contribution in [2.75, 3.05) is 13.1 Å². The van der Waals surface area contributed by atoms with Crippen LogP contribution >= 0.6 is 11.6 Å². The summed E-state index contributed by atoms with van der Waals surface area (Å²) in [6.45, 7) is 2.09. The minimum Gasteiger partial charge on any atom is -0.350 e. The number of carbonyl (C=O) groups is 2. The fourth-order valence-corrected chi connectivity index (χ4v) is 2.53. The maximum absolute atomic E-state index is 12.9. The summed E-state index contributed by atoms with van der Waals surface area (Å²) < 4.78 is 12.9. The van der Waals surface area contributed by atoms with Crippen LogP contribution in [0.1, 0.15) is 18.1 Å². The van der Waals surface area contributed by atoms with Gasteiger partial charge in [-0.25, -0.2) is 4.39 Å². The first-order valence-corrected chi connectivity index (χ1v) is 8.33. The molecule has 0 bridgehead atoms. The molecule has 0 unspecified atom stereocenters. The molecule has 0 fully saturated rings. The zero-order chi connectivity index (χ0) is 18.2. The maximum atomic E-state index is 12.9. The summed E-state index contributed by atoms with van der Waals surface area (Å²) in [4.78, 5) is 25.3. The molecule has 4 nitrogen and oxygen atoms in total. The second-order valence-electron chi connectivity index (χ2n) is 5.69. The van der Waals surface area contributed by atoms with Crippen LogP contribution in [0.4, 0.5) is 4.39 Å². The molecule has 6 heteroatoms. The van der Waals surface area contributed by atoms with E-state index in [2.05, 4.69) is 5.32 Å². The highest BCUT2D eigenvalue weighted by Gasteiger charge is 2.14. The van der Waals surface area contributed by atoms with E-state index in [0.29, 0.717) is 24.5 Å². The predicted molar refractivity (Wildman–Crippen MR) is 95.7 cm³/mol. The first-order chi connectivity index (χ1) is 12.0. The third-order valence-electron chi connectivity index (χ3n) is 3.80. The molecule has 0 aliphatic rings. The van der Waals surface area contributed by atoms with Gasteiger partial charge in [-0.05, 0) is 35.7 Å². The van der Waals surface area contributed by atoms with Crippen molar-refractivity contribution in [2.24, 2.45) is 0 Å². The molecular formula is C19H20ClFN2O2. The van der Waals surface area contributed by atoms with Crippen molar-refractivity contribution in [3.8, 4) is 0 Å². The molecule has 0 saturated heterocycles. The van der Waals surface area contributed by atoms with E-state index in [1.807, 2.05) is 18.2 Å². The van der Waals surface area contributed by atoms with Crippen LogP contribution in [0.5, 0.6) is 0 Å². The van der Waals surface area contributed by atoms with Crippen molar-refractivity contribution in [1.82, 2.24) is 10.2 Å². The molecule has 132 valence electrons. The highest BCUT2D eigenvalue weighted by Crippen LogP contribution is 2.14. The van der Waals surface area contributed by atoms with Crippen molar-refractivity contribution < 1.29 is 14.0 Å². The Morgan fingerprint density at radius 1 is 1.12 bits per heavy atom. The Morgan fingerprint density at radius 2 is 1.80 bits per heavy atom. The smallest absolute Gasteiger partial charge is 0.239 e. The lowest BCUT2D eigenvalue weighted by atomic mass is 10.1. The van der Waals surface area contributed by atoms with Crippen LogP contribution in [0, 0.1) is 5.82 Å². The zero-order valence-electron chi connectivity index (χ0n) is 14.0. The summed E-state index contributed by atoms with van der Waals surface area (Å²) in [7, 11) is 0. The normalized spacial score (nSPS) is 10.4. The van der Waals surface area contributed by atoms with Gasteiger partial charge in [-0.3, -0.25) is 9.59 Å². The SMILES string of the molecule is CC(=O)N(CCc1ccc(F)cc1)CC(=O)NCc1ccccc1Cl. The molecule has 0 saturated carbocycles. The molecule has 2 rings (SSSR count). The van der Waals surface area contributed by atoms with Gasteiger partial charge >= 0.3 is 0 Å². The van der Waals surface area contributed by atoms with Gasteiger partial charge < -0.3 is 10.2 Å². The Hall–Kier alpha value is -2.40. The number of nitrogens with one attached hydrogen (secondary N) is 1. The number of hydrogen-bond donors (Lipinski definition) is 1. The van der Waals surface area contributed by atoms with E-state index >= 15 is 0 Å². The predicted octanol–water partition coefficient (Wildman–Crippen LogP) is 3.19. The van der Waals surface area contributed by atoms with Gasteiger partial charge in [0.25, 0.3) is 0 Å². The van der Waals surface area contributed by atoms with Crippen LogP contribution in [-0.4, -0.2) is 29.8 Å². The lowest BCUT2D eigenvalue weighted by Crippen LogP contribution is -2.40. The van der Waals surface area contributed by atoms with Crippen LogP contribution < -0.4 is 5.32 Å². The van der Waals surface area contributed by atoms with Gasteiger partial charge in [-0.1, -0.05) is 41.9 Å². The van der Waals surface area contributed by atoms with Gasteiger partial charge in [0.15, 0.2) is 0 Å². The third-order valence-corrected chi connectivity index (χ3v) is 4.17. The average Bonchev–Trinajstić information content (AvgIpc) is 2.59. The second kappa shape index (κ2) is 9.18. The monoisotopic (exact) mass is 362 g/mol. The topological polar surface area (TPSA) is 49.4 Å². The quantitative estimate of drug-likeness (QED) is 0.822. The van der Waals surface area contributed by atoms with Gasteiger partial charge in [0.05, 0.1) is 6.54 Å². The Bertz CT molecular complexity index is 734. The Morgan fingerprint density at radius 3 is 2.44 bits per heavy atom. The zero-order valence-corrected chi connectivity index (χ0v) is 14.7. The molecule has 0 aliphatic heterocycles.